The van der Waals surface area contributed by atoms with Crippen LogP contribution in [0.25, 0.3) is 0 Å². The Morgan fingerprint density at radius 3 is 2.83 bits per heavy atom. The van der Waals surface area contributed by atoms with Gasteiger partial charge in [0.1, 0.15) is 11.4 Å². The molecule has 3 aliphatic carbocycles. The SMILES string of the molecule is C=C(C)C(=O)OC1(C2CC3CCC2C3)CCCc2ccc(F)cc21. The van der Waals surface area contributed by atoms with Gasteiger partial charge in [-0.25, -0.2) is 9.18 Å². The fourth-order valence-electron chi connectivity index (χ4n) is 5.47. The molecule has 1 aromatic carbocycles. The second-order valence-electron chi connectivity index (χ2n) is 8.00. The summed E-state index contributed by atoms with van der Waals surface area (Å²) >= 11 is 0. The van der Waals surface area contributed by atoms with Crippen LogP contribution in [0.5, 0.6) is 0 Å². The monoisotopic (exact) mass is 328 g/mol. The molecular weight excluding hydrogens is 303 g/mol. The molecule has 1 aromatic rings. The first-order chi connectivity index (χ1) is 11.5. The maximum Gasteiger partial charge on any atom is 0.334 e. The minimum absolute atomic E-state index is 0.241. The van der Waals surface area contributed by atoms with Crippen LogP contribution >= 0.6 is 0 Å². The van der Waals surface area contributed by atoms with Crippen molar-refractivity contribution in [2.45, 2.75) is 57.5 Å². The van der Waals surface area contributed by atoms with E-state index in [9.17, 15) is 9.18 Å². The molecule has 24 heavy (non-hydrogen) atoms. The van der Waals surface area contributed by atoms with Crippen molar-refractivity contribution in [1.29, 1.82) is 0 Å². The molecular formula is C21H25FO2. The molecule has 0 spiro atoms. The predicted molar refractivity (Wildman–Crippen MR) is 90.9 cm³/mol. The van der Waals surface area contributed by atoms with Gasteiger partial charge in [0.25, 0.3) is 0 Å². The molecule has 2 saturated carbocycles. The van der Waals surface area contributed by atoms with Gasteiger partial charge in [0, 0.05) is 17.1 Å². The summed E-state index contributed by atoms with van der Waals surface area (Å²) < 4.78 is 20.2. The van der Waals surface area contributed by atoms with Gasteiger partial charge < -0.3 is 4.74 Å². The fourth-order valence-corrected chi connectivity index (χ4v) is 5.47. The Hall–Kier alpha value is -1.64. The van der Waals surface area contributed by atoms with Gasteiger partial charge in [-0.1, -0.05) is 19.1 Å². The number of carbonyl (C=O) groups is 1. The van der Waals surface area contributed by atoms with Crippen molar-refractivity contribution in [3.63, 3.8) is 0 Å². The number of carbonyl (C=O) groups excluding carboxylic acids is 1. The fraction of sp³-hybridized carbons (Fsp3) is 0.571. The van der Waals surface area contributed by atoms with Crippen molar-refractivity contribution in [2.24, 2.45) is 17.8 Å². The van der Waals surface area contributed by atoms with Crippen LogP contribution < -0.4 is 0 Å². The van der Waals surface area contributed by atoms with Crippen LogP contribution in [-0.2, 0) is 21.6 Å². The molecule has 2 fully saturated rings. The van der Waals surface area contributed by atoms with Gasteiger partial charge >= 0.3 is 5.97 Å². The van der Waals surface area contributed by atoms with Gasteiger partial charge in [0.2, 0.25) is 0 Å². The van der Waals surface area contributed by atoms with Gasteiger partial charge in [0.15, 0.2) is 0 Å². The molecule has 0 amide bonds. The highest BCUT2D eigenvalue weighted by molar-refractivity contribution is 5.87. The molecule has 2 bridgehead atoms. The Morgan fingerprint density at radius 2 is 2.17 bits per heavy atom. The van der Waals surface area contributed by atoms with E-state index in [-0.39, 0.29) is 11.8 Å². The Labute approximate surface area is 143 Å². The third kappa shape index (κ3) is 2.40. The lowest BCUT2D eigenvalue weighted by molar-refractivity contribution is -0.169. The van der Waals surface area contributed by atoms with E-state index in [0.717, 1.165) is 42.7 Å². The van der Waals surface area contributed by atoms with Gasteiger partial charge in [-0.15, -0.1) is 0 Å². The Balaban J connectivity index is 1.82. The van der Waals surface area contributed by atoms with E-state index in [1.165, 1.54) is 25.3 Å². The van der Waals surface area contributed by atoms with E-state index >= 15 is 0 Å². The molecule has 0 aliphatic heterocycles. The van der Waals surface area contributed by atoms with Gasteiger partial charge in [0.05, 0.1) is 0 Å². The van der Waals surface area contributed by atoms with Crippen molar-refractivity contribution < 1.29 is 13.9 Å². The Kier molecular flexibility index (Phi) is 3.78. The smallest absolute Gasteiger partial charge is 0.334 e. The number of hydrogen-bond donors (Lipinski definition) is 0. The molecule has 4 atom stereocenters. The van der Waals surface area contributed by atoms with E-state index in [1.54, 1.807) is 13.0 Å². The molecule has 0 N–H and O–H groups in total. The lowest BCUT2D eigenvalue weighted by Crippen LogP contribution is -2.45. The minimum atomic E-state index is -0.661. The summed E-state index contributed by atoms with van der Waals surface area (Å²) in [6, 6.07) is 5.02. The molecule has 0 heterocycles. The number of rotatable bonds is 3. The van der Waals surface area contributed by atoms with Gasteiger partial charge in [-0.2, -0.15) is 0 Å². The quantitative estimate of drug-likeness (QED) is 0.582. The molecule has 128 valence electrons. The summed E-state index contributed by atoms with van der Waals surface area (Å²) in [4.78, 5) is 12.5. The lowest BCUT2D eigenvalue weighted by atomic mass is 9.66. The highest BCUT2D eigenvalue weighted by Crippen LogP contribution is 2.59. The zero-order chi connectivity index (χ0) is 16.9. The number of fused-ring (bicyclic) bond motifs is 3. The first kappa shape index (κ1) is 15.9. The maximum atomic E-state index is 14.1. The second-order valence-corrected chi connectivity index (χ2v) is 8.00. The first-order valence-electron chi connectivity index (χ1n) is 9.17. The Bertz CT molecular complexity index is 695. The number of benzene rings is 1. The number of ether oxygens (including phenoxy) is 1. The Morgan fingerprint density at radius 1 is 1.33 bits per heavy atom. The molecule has 4 rings (SSSR count). The highest BCUT2D eigenvalue weighted by atomic mass is 19.1. The van der Waals surface area contributed by atoms with Crippen molar-refractivity contribution in [3.05, 3.63) is 47.3 Å². The summed E-state index contributed by atoms with van der Waals surface area (Å²) in [5.74, 6) is 1.09. The number of esters is 1. The van der Waals surface area contributed by atoms with E-state index in [2.05, 4.69) is 6.58 Å². The van der Waals surface area contributed by atoms with E-state index in [0.29, 0.717) is 17.4 Å². The summed E-state index contributed by atoms with van der Waals surface area (Å²) in [5, 5.41) is 0. The second kappa shape index (κ2) is 5.72. The molecule has 0 aromatic heterocycles. The average Bonchev–Trinajstić information content (AvgIpc) is 3.18. The molecule has 0 radical (unpaired) electrons. The summed E-state index contributed by atoms with van der Waals surface area (Å²) in [6.45, 7) is 5.44. The van der Waals surface area contributed by atoms with Crippen LogP contribution in [0.15, 0.2) is 30.4 Å². The van der Waals surface area contributed by atoms with Crippen molar-refractivity contribution >= 4 is 5.97 Å². The topological polar surface area (TPSA) is 26.3 Å². The number of aryl methyl sites for hydroxylation is 1. The highest BCUT2D eigenvalue weighted by Gasteiger charge is 2.55. The zero-order valence-corrected chi connectivity index (χ0v) is 14.3. The normalized spacial score (nSPS) is 34.0. The van der Waals surface area contributed by atoms with Crippen molar-refractivity contribution in [1.82, 2.24) is 0 Å². The van der Waals surface area contributed by atoms with E-state index in [4.69, 9.17) is 4.74 Å². The largest absolute Gasteiger partial charge is 0.451 e. The predicted octanol–water partition coefficient (Wildman–Crippen LogP) is 4.91. The molecule has 3 aliphatic rings. The number of hydrogen-bond acceptors (Lipinski definition) is 2. The van der Waals surface area contributed by atoms with Crippen LogP contribution in [0.4, 0.5) is 4.39 Å². The number of halogens is 1. The molecule has 2 nitrogen and oxygen atoms in total. The van der Waals surface area contributed by atoms with Crippen LogP contribution in [-0.4, -0.2) is 5.97 Å². The van der Waals surface area contributed by atoms with Crippen LogP contribution in [0.1, 0.15) is 56.6 Å². The van der Waals surface area contributed by atoms with E-state index in [1.807, 2.05) is 6.07 Å². The zero-order valence-electron chi connectivity index (χ0n) is 14.3. The third-order valence-electron chi connectivity index (χ3n) is 6.48. The van der Waals surface area contributed by atoms with Crippen molar-refractivity contribution in [2.75, 3.05) is 0 Å². The molecule has 3 heteroatoms. The third-order valence-corrected chi connectivity index (χ3v) is 6.48. The van der Waals surface area contributed by atoms with Crippen LogP contribution in [0.2, 0.25) is 0 Å². The van der Waals surface area contributed by atoms with Gasteiger partial charge in [-0.3, -0.25) is 0 Å². The lowest BCUT2D eigenvalue weighted by Gasteiger charge is -2.46. The van der Waals surface area contributed by atoms with Crippen LogP contribution in [0, 0.1) is 23.6 Å². The minimum Gasteiger partial charge on any atom is -0.451 e. The maximum absolute atomic E-state index is 14.1. The summed E-state index contributed by atoms with van der Waals surface area (Å²) in [6.07, 6.45) is 7.56. The standard InChI is InChI=1S/C21H25FO2/c1-13(2)20(23)24-21(18-11-14-5-6-16(18)10-14)9-3-4-15-7-8-17(22)12-19(15)21/h7-8,12,14,16,18H,1,3-6,9-11H2,2H3. The van der Waals surface area contributed by atoms with Crippen LogP contribution in [0.3, 0.4) is 0 Å². The summed E-state index contributed by atoms with van der Waals surface area (Å²) in [5.41, 5.74) is 1.81. The molecule has 4 unspecified atom stereocenters. The average molecular weight is 328 g/mol. The van der Waals surface area contributed by atoms with E-state index < -0.39 is 5.60 Å². The summed E-state index contributed by atoms with van der Waals surface area (Å²) in [7, 11) is 0. The van der Waals surface area contributed by atoms with Gasteiger partial charge in [-0.05, 0) is 75.0 Å². The molecule has 0 saturated heterocycles. The van der Waals surface area contributed by atoms with Crippen molar-refractivity contribution in [3.8, 4) is 0 Å². The first-order valence-corrected chi connectivity index (χ1v) is 9.17.